The zero-order valence-electron chi connectivity index (χ0n) is 8.31. The highest BCUT2D eigenvalue weighted by atomic mass is 16.6. The number of carbonyl (C=O) groups is 1. The number of cyclic esters (lactones) is 1. The van der Waals surface area contributed by atoms with Gasteiger partial charge in [-0.25, -0.2) is 4.79 Å². The first-order chi connectivity index (χ1) is 6.70. The van der Waals surface area contributed by atoms with Crippen LogP contribution in [0.2, 0.25) is 0 Å². The van der Waals surface area contributed by atoms with Gasteiger partial charge < -0.3 is 4.74 Å². The minimum atomic E-state index is -0.254. The lowest BCUT2D eigenvalue weighted by molar-refractivity contribution is 0.143. The molecule has 3 nitrogen and oxygen atoms in total. The predicted octanol–water partition coefficient (Wildman–Crippen LogP) is 2.42. The second-order valence-electron chi connectivity index (χ2n) is 3.54. The van der Waals surface area contributed by atoms with Crippen molar-refractivity contribution in [3.63, 3.8) is 0 Å². The summed E-state index contributed by atoms with van der Waals surface area (Å²) in [6.07, 6.45) is -0.293. The van der Waals surface area contributed by atoms with E-state index >= 15 is 0 Å². The van der Waals surface area contributed by atoms with Gasteiger partial charge in [0.05, 0.1) is 6.04 Å². The molecule has 0 aliphatic carbocycles. The van der Waals surface area contributed by atoms with Crippen molar-refractivity contribution >= 4 is 11.8 Å². The fourth-order valence-corrected chi connectivity index (χ4v) is 1.62. The largest absolute Gasteiger partial charge is 0.444 e. The van der Waals surface area contributed by atoms with Crippen molar-refractivity contribution < 1.29 is 9.53 Å². The van der Waals surface area contributed by atoms with E-state index in [0.717, 1.165) is 5.69 Å². The van der Waals surface area contributed by atoms with Gasteiger partial charge in [-0.1, -0.05) is 18.2 Å². The van der Waals surface area contributed by atoms with Crippen molar-refractivity contribution in [2.24, 2.45) is 0 Å². The number of nitrogens with zero attached hydrogens (tertiary/aromatic N) is 1. The van der Waals surface area contributed by atoms with E-state index in [1.807, 2.05) is 44.2 Å². The lowest BCUT2D eigenvalue weighted by Crippen LogP contribution is -2.32. The minimum Gasteiger partial charge on any atom is -0.444 e. The Balaban J connectivity index is 2.31. The van der Waals surface area contributed by atoms with Crippen LogP contribution < -0.4 is 4.90 Å². The van der Waals surface area contributed by atoms with Gasteiger partial charge in [-0.3, -0.25) is 4.90 Å². The van der Waals surface area contributed by atoms with Crippen LogP contribution in [0.1, 0.15) is 13.8 Å². The highest BCUT2D eigenvalue weighted by Gasteiger charge is 2.36. The molecule has 0 radical (unpaired) electrons. The van der Waals surface area contributed by atoms with Gasteiger partial charge in [-0.05, 0) is 26.0 Å². The number of anilines is 1. The summed E-state index contributed by atoms with van der Waals surface area (Å²) in [5.74, 6) is 0. The normalized spacial score (nSPS) is 26.4. The summed E-state index contributed by atoms with van der Waals surface area (Å²) >= 11 is 0. The van der Waals surface area contributed by atoms with Crippen LogP contribution in [0.3, 0.4) is 0 Å². The summed E-state index contributed by atoms with van der Waals surface area (Å²) in [6.45, 7) is 3.90. The maximum atomic E-state index is 11.5. The van der Waals surface area contributed by atoms with Gasteiger partial charge in [0.25, 0.3) is 0 Å². The van der Waals surface area contributed by atoms with Crippen LogP contribution in [-0.4, -0.2) is 18.2 Å². The van der Waals surface area contributed by atoms with Crippen molar-refractivity contribution in [1.82, 2.24) is 0 Å². The van der Waals surface area contributed by atoms with Gasteiger partial charge in [0, 0.05) is 5.69 Å². The standard InChI is InChI=1S/C11H13NO2/c1-8-9(2)14-11(13)12(8)10-6-4-3-5-7-10/h3-9H,1-2H3/t8-,9-/m0/s1. The Bertz CT molecular complexity index is 336. The number of amides is 1. The van der Waals surface area contributed by atoms with Gasteiger partial charge in [0.2, 0.25) is 0 Å². The second-order valence-corrected chi connectivity index (χ2v) is 3.54. The molecule has 2 rings (SSSR count). The Morgan fingerprint density at radius 2 is 1.86 bits per heavy atom. The topological polar surface area (TPSA) is 29.5 Å². The fraction of sp³-hybridized carbons (Fsp3) is 0.364. The van der Waals surface area contributed by atoms with Crippen molar-refractivity contribution in [3.05, 3.63) is 30.3 Å². The smallest absolute Gasteiger partial charge is 0.415 e. The summed E-state index contributed by atoms with van der Waals surface area (Å²) < 4.78 is 5.13. The Morgan fingerprint density at radius 3 is 2.36 bits per heavy atom. The third-order valence-corrected chi connectivity index (χ3v) is 2.60. The first kappa shape index (κ1) is 9.06. The van der Waals surface area contributed by atoms with Crippen LogP contribution in [0.15, 0.2) is 30.3 Å². The molecule has 0 spiro atoms. The average molecular weight is 191 g/mol. The van der Waals surface area contributed by atoms with E-state index < -0.39 is 0 Å². The Hall–Kier alpha value is -1.51. The molecule has 74 valence electrons. The predicted molar refractivity (Wildman–Crippen MR) is 54.3 cm³/mol. The van der Waals surface area contributed by atoms with E-state index in [4.69, 9.17) is 4.74 Å². The Labute approximate surface area is 83.3 Å². The van der Waals surface area contributed by atoms with E-state index in [0.29, 0.717) is 0 Å². The molecule has 1 heterocycles. The molecule has 1 fully saturated rings. The molecule has 0 bridgehead atoms. The molecule has 0 unspecified atom stereocenters. The number of hydrogen-bond acceptors (Lipinski definition) is 2. The van der Waals surface area contributed by atoms with Crippen LogP contribution in [0.4, 0.5) is 10.5 Å². The number of carbonyl (C=O) groups excluding carboxylic acids is 1. The maximum Gasteiger partial charge on any atom is 0.415 e. The third kappa shape index (κ3) is 1.35. The monoisotopic (exact) mass is 191 g/mol. The van der Waals surface area contributed by atoms with Gasteiger partial charge in [-0.2, -0.15) is 0 Å². The zero-order valence-corrected chi connectivity index (χ0v) is 8.31. The molecule has 3 heteroatoms. The summed E-state index contributed by atoms with van der Waals surface area (Å²) in [6, 6.07) is 9.69. The average Bonchev–Trinajstić information content (AvgIpc) is 2.43. The van der Waals surface area contributed by atoms with Gasteiger partial charge in [0.1, 0.15) is 6.10 Å². The summed E-state index contributed by atoms with van der Waals surface area (Å²) in [5, 5.41) is 0. The molecule has 1 aromatic carbocycles. The summed E-state index contributed by atoms with van der Waals surface area (Å²) in [7, 11) is 0. The first-order valence-corrected chi connectivity index (χ1v) is 4.75. The highest BCUT2D eigenvalue weighted by molar-refractivity contribution is 5.90. The van der Waals surface area contributed by atoms with Crippen LogP contribution in [0, 0.1) is 0 Å². The molecular formula is C11H13NO2. The van der Waals surface area contributed by atoms with Crippen molar-refractivity contribution in [3.8, 4) is 0 Å². The summed E-state index contributed by atoms with van der Waals surface area (Å²) in [5.41, 5.74) is 0.898. The van der Waals surface area contributed by atoms with E-state index in [9.17, 15) is 4.79 Å². The second kappa shape index (κ2) is 3.33. The number of benzene rings is 1. The minimum absolute atomic E-state index is 0.0392. The van der Waals surface area contributed by atoms with E-state index in [1.54, 1.807) is 4.90 Å². The Kier molecular flexibility index (Phi) is 2.15. The van der Waals surface area contributed by atoms with E-state index in [1.165, 1.54) is 0 Å². The molecule has 0 aromatic heterocycles. The molecule has 1 aliphatic rings. The lowest BCUT2D eigenvalue weighted by Gasteiger charge is -2.18. The van der Waals surface area contributed by atoms with Crippen LogP contribution in [0.5, 0.6) is 0 Å². The van der Waals surface area contributed by atoms with E-state index in [-0.39, 0.29) is 18.2 Å². The first-order valence-electron chi connectivity index (χ1n) is 4.75. The molecule has 0 saturated carbocycles. The molecule has 1 aliphatic heterocycles. The SMILES string of the molecule is C[C@@H]1OC(=O)N(c2ccccc2)[C@H]1C. The quantitative estimate of drug-likeness (QED) is 0.682. The van der Waals surface area contributed by atoms with Crippen LogP contribution in [0.25, 0.3) is 0 Å². The number of ether oxygens (including phenoxy) is 1. The maximum absolute atomic E-state index is 11.5. The molecule has 1 aromatic rings. The van der Waals surface area contributed by atoms with E-state index in [2.05, 4.69) is 0 Å². The number of rotatable bonds is 1. The number of hydrogen-bond donors (Lipinski definition) is 0. The lowest BCUT2D eigenvalue weighted by atomic mass is 10.2. The molecule has 1 saturated heterocycles. The van der Waals surface area contributed by atoms with Crippen molar-refractivity contribution in [1.29, 1.82) is 0 Å². The Morgan fingerprint density at radius 1 is 1.21 bits per heavy atom. The van der Waals surface area contributed by atoms with Crippen LogP contribution in [-0.2, 0) is 4.74 Å². The molecule has 0 N–H and O–H groups in total. The summed E-state index contributed by atoms with van der Waals surface area (Å²) in [4.78, 5) is 13.2. The van der Waals surface area contributed by atoms with Crippen molar-refractivity contribution in [2.75, 3.05) is 4.90 Å². The highest BCUT2D eigenvalue weighted by Crippen LogP contribution is 2.25. The fourth-order valence-electron chi connectivity index (χ4n) is 1.62. The van der Waals surface area contributed by atoms with Crippen molar-refractivity contribution in [2.45, 2.75) is 26.0 Å². The van der Waals surface area contributed by atoms with Gasteiger partial charge in [0.15, 0.2) is 0 Å². The van der Waals surface area contributed by atoms with Crippen LogP contribution >= 0.6 is 0 Å². The third-order valence-electron chi connectivity index (χ3n) is 2.60. The zero-order chi connectivity index (χ0) is 10.1. The van der Waals surface area contributed by atoms with Gasteiger partial charge in [-0.15, -0.1) is 0 Å². The van der Waals surface area contributed by atoms with Gasteiger partial charge >= 0.3 is 6.09 Å². The number of para-hydroxylation sites is 1. The molecule has 2 atom stereocenters. The molecule has 14 heavy (non-hydrogen) atoms. The molecular weight excluding hydrogens is 178 g/mol. The molecule has 1 amide bonds.